The Morgan fingerprint density at radius 3 is 1.62 bits per heavy atom. The van der Waals surface area contributed by atoms with Crippen LogP contribution >= 0.6 is 17.0 Å². The lowest BCUT2D eigenvalue weighted by atomic mass is 9.95. The van der Waals surface area contributed by atoms with E-state index in [-0.39, 0.29) is 34.7 Å². The maximum absolute atomic E-state index is 11.2. The van der Waals surface area contributed by atoms with Crippen LogP contribution in [0.2, 0.25) is 0 Å². The molecule has 4 heteroatoms. The summed E-state index contributed by atoms with van der Waals surface area (Å²) in [7, 11) is 0. The monoisotopic (exact) mass is 475 g/mol. The second-order valence-electron chi connectivity index (χ2n) is 9.01. The first-order chi connectivity index (χ1) is 13.4. The maximum atomic E-state index is 11.2. The number of nitrogens with one attached hydrogen (secondary N) is 1. The number of hydrogen-bond donors (Lipinski definition) is 1. The molecule has 0 spiro atoms. The molecule has 0 saturated heterocycles. The molecule has 1 N–H and O–H groups in total. The predicted octanol–water partition coefficient (Wildman–Crippen LogP) is 8.27. The van der Waals surface area contributed by atoms with E-state index in [1.165, 1.54) is 102 Å². The zero-order chi connectivity index (χ0) is 21.1. The molecule has 0 bridgehead atoms. The van der Waals surface area contributed by atoms with Crippen LogP contribution in [0.15, 0.2) is 12.7 Å². The number of carbonyl (C=O) groups excluding carboxylic acids is 1. The highest BCUT2D eigenvalue weighted by atomic mass is 79.9. The second kappa shape index (κ2) is 20.9. The SMILES string of the molecule is Br.C=CC(=O)OC(C)NC(C)(C)CCCCCCCCCCCCCCCCC. The van der Waals surface area contributed by atoms with Gasteiger partial charge in [-0.1, -0.05) is 110 Å². The van der Waals surface area contributed by atoms with Crippen molar-refractivity contribution in [2.45, 2.75) is 142 Å². The number of rotatable bonds is 20. The van der Waals surface area contributed by atoms with Gasteiger partial charge in [-0.05, 0) is 27.2 Å². The fraction of sp³-hybridized carbons (Fsp3) is 0.880. The molecule has 0 aromatic carbocycles. The van der Waals surface area contributed by atoms with Crippen LogP contribution in [0.4, 0.5) is 0 Å². The van der Waals surface area contributed by atoms with E-state index in [0.717, 1.165) is 6.42 Å². The Labute approximate surface area is 192 Å². The minimum atomic E-state index is -0.372. The summed E-state index contributed by atoms with van der Waals surface area (Å²) in [6.07, 6.45) is 22.9. The van der Waals surface area contributed by atoms with Gasteiger partial charge in [0.1, 0.15) is 0 Å². The number of esters is 1. The standard InChI is InChI=1S/C25H49NO2.BrH/c1-6-8-9-10-11-12-13-14-15-16-17-18-19-20-21-22-25(4,5)26-23(3)28-24(27)7-2;/h7,23,26H,2,6,8-22H2,1,3-5H3;1H. The van der Waals surface area contributed by atoms with Crippen molar-refractivity contribution in [3.05, 3.63) is 12.7 Å². The average Bonchev–Trinajstić information content (AvgIpc) is 2.64. The van der Waals surface area contributed by atoms with Gasteiger partial charge in [-0.15, -0.1) is 17.0 Å². The third-order valence-electron chi connectivity index (χ3n) is 5.46. The van der Waals surface area contributed by atoms with Gasteiger partial charge in [0.25, 0.3) is 0 Å². The van der Waals surface area contributed by atoms with Crippen molar-refractivity contribution in [3.63, 3.8) is 0 Å². The Morgan fingerprint density at radius 2 is 1.24 bits per heavy atom. The highest BCUT2D eigenvalue weighted by molar-refractivity contribution is 8.93. The van der Waals surface area contributed by atoms with Gasteiger partial charge in [0, 0.05) is 11.6 Å². The van der Waals surface area contributed by atoms with Gasteiger partial charge >= 0.3 is 5.97 Å². The van der Waals surface area contributed by atoms with Crippen molar-refractivity contribution in [1.29, 1.82) is 0 Å². The van der Waals surface area contributed by atoms with Crippen molar-refractivity contribution in [3.8, 4) is 0 Å². The molecule has 29 heavy (non-hydrogen) atoms. The lowest BCUT2D eigenvalue weighted by Crippen LogP contribution is -2.46. The van der Waals surface area contributed by atoms with E-state index < -0.39 is 0 Å². The Kier molecular flexibility index (Phi) is 22.2. The molecule has 0 amide bonds. The molecule has 174 valence electrons. The molecule has 0 heterocycles. The average molecular weight is 477 g/mol. The van der Waals surface area contributed by atoms with Crippen LogP contribution < -0.4 is 5.32 Å². The van der Waals surface area contributed by atoms with Crippen LogP contribution in [-0.2, 0) is 9.53 Å². The van der Waals surface area contributed by atoms with Crippen LogP contribution in [0, 0.1) is 0 Å². The fourth-order valence-electron chi connectivity index (χ4n) is 3.81. The van der Waals surface area contributed by atoms with Crippen LogP contribution in [-0.4, -0.2) is 17.7 Å². The van der Waals surface area contributed by atoms with Crippen molar-refractivity contribution >= 4 is 23.0 Å². The predicted molar refractivity (Wildman–Crippen MR) is 133 cm³/mol. The summed E-state index contributed by atoms with van der Waals surface area (Å²) in [5.74, 6) is -0.372. The van der Waals surface area contributed by atoms with Crippen LogP contribution in [0.5, 0.6) is 0 Å². The summed E-state index contributed by atoms with van der Waals surface area (Å²) in [4.78, 5) is 11.2. The van der Waals surface area contributed by atoms with Gasteiger partial charge in [0.05, 0.1) is 0 Å². The zero-order valence-electron chi connectivity index (χ0n) is 19.9. The van der Waals surface area contributed by atoms with Crippen molar-refractivity contribution in [2.75, 3.05) is 0 Å². The number of halogens is 1. The van der Waals surface area contributed by atoms with Crippen LogP contribution in [0.3, 0.4) is 0 Å². The number of hydrogen-bond acceptors (Lipinski definition) is 3. The minimum absolute atomic E-state index is 0. The Morgan fingerprint density at radius 1 is 0.862 bits per heavy atom. The first-order valence-electron chi connectivity index (χ1n) is 12.0. The Balaban J connectivity index is 0. The lowest BCUT2D eigenvalue weighted by molar-refractivity contribution is -0.144. The molecule has 0 saturated carbocycles. The Bertz CT molecular complexity index is 385. The van der Waals surface area contributed by atoms with Crippen molar-refractivity contribution in [1.82, 2.24) is 5.32 Å². The van der Waals surface area contributed by atoms with Crippen molar-refractivity contribution < 1.29 is 9.53 Å². The minimum Gasteiger partial charge on any atom is -0.444 e. The molecule has 1 atom stereocenters. The molecule has 0 aliphatic heterocycles. The molecule has 0 fully saturated rings. The molecular formula is C25H50BrNO2. The van der Waals surface area contributed by atoms with E-state index >= 15 is 0 Å². The topological polar surface area (TPSA) is 38.3 Å². The van der Waals surface area contributed by atoms with Gasteiger partial charge in [0.2, 0.25) is 0 Å². The zero-order valence-corrected chi connectivity index (χ0v) is 21.6. The highest BCUT2D eigenvalue weighted by Gasteiger charge is 2.20. The molecule has 0 aliphatic rings. The number of carbonyl (C=O) groups is 1. The third-order valence-corrected chi connectivity index (χ3v) is 5.46. The van der Waals surface area contributed by atoms with Gasteiger partial charge in [0.15, 0.2) is 6.23 Å². The summed E-state index contributed by atoms with van der Waals surface area (Å²) in [5, 5.41) is 3.38. The summed E-state index contributed by atoms with van der Waals surface area (Å²) < 4.78 is 5.20. The molecular weight excluding hydrogens is 426 g/mol. The van der Waals surface area contributed by atoms with E-state index in [4.69, 9.17) is 4.74 Å². The maximum Gasteiger partial charge on any atom is 0.331 e. The van der Waals surface area contributed by atoms with Crippen molar-refractivity contribution in [2.24, 2.45) is 0 Å². The van der Waals surface area contributed by atoms with Gasteiger partial charge in [-0.25, -0.2) is 4.79 Å². The summed E-state index contributed by atoms with van der Waals surface area (Å²) in [5.41, 5.74) is -0.0165. The molecule has 3 nitrogen and oxygen atoms in total. The van der Waals surface area contributed by atoms with E-state index in [9.17, 15) is 4.79 Å². The van der Waals surface area contributed by atoms with Gasteiger partial charge in [-0.2, -0.15) is 0 Å². The Hall–Kier alpha value is -0.350. The molecule has 1 unspecified atom stereocenters. The highest BCUT2D eigenvalue weighted by Crippen LogP contribution is 2.17. The second-order valence-corrected chi connectivity index (χ2v) is 9.01. The molecule has 0 aromatic rings. The number of unbranched alkanes of at least 4 members (excludes halogenated alkanes) is 14. The lowest BCUT2D eigenvalue weighted by Gasteiger charge is -2.30. The summed E-state index contributed by atoms with van der Waals surface area (Å²) in [6, 6.07) is 0. The van der Waals surface area contributed by atoms with E-state index in [1.807, 2.05) is 6.92 Å². The molecule has 0 rings (SSSR count). The van der Waals surface area contributed by atoms with Crippen LogP contribution in [0.1, 0.15) is 130 Å². The normalized spacial score (nSPS) is 12.3. The fourth-order valence-corrected chi connectivity index (χ4v) is 3.81. The van der Waals surface area contributed by atoms with Gasteiger partial charge in [-0.3, -0.25) is 5.32 Å². The summed E-state index contributed by atoms with van der Waals surface area (Å²) >= 11 is 0. The largest absolute Gasteiger partial charge is 0.444 e. The first kappa shape index (κ1) is 30.8. The first-order valence-corrected chi connectivity index (χ1v) is 12.0. The van der Waals surface area contributed by atoms with E-state index in [1.54, 1.807) is 0 Å². The van der Waals surface area contributed by atoms with E-state index in [2.05, 4.69) is 32.7 Å². The smallest absolute Gasteiger partial charge is 0.331 e. The molecule has 0 aliphatic carbocycles. The summed E-state index contributed by atoms with van der Waals surface area (Å²) in [6.45, 7) is 11.9. The quantitative estimate of drug-likeness (QED) is 0.0832. The molecule has 0 aromatic heterocycles. The van der Waals surface area contributed by atoms with Crippen LogP contribution in [0.25, 0.3) is 0 Å². The van der Waals surface area contributed by atoms with E-state index in [0.29, 0.717) is 0 Å². The number of ether oxygens (including phenoxy) is 1. The third kappa shape index (κ3) is 22.2. The van der Waals surface area contributed by atoms with Gasteiger partial charge < -0.3 is 4.74 Å². The molecule has 0 radical (unpaired) electrons.